The molecule has 218 valence electrons. The molecule has 0 radical (unpaired) electrons. The Morgan fingerprint density at radius 1 is 0.553 bits per heavy atom. The number of unbranched alkanes of at least 4 members (excludes halogenated alkanes) is 6. The highest BCUT2D eigenvalue weighted by atomic mass is 16.5. The standard InChI is InChI=1S/C34H58O4/c1-27(2)21-24-31(18-14-12-16-20-34(36)38-8)30(6)23-26-32(25-22-28(3)4)29(5)17-13-10-9-11-15-19-33(35)37-7/h17,21-23,31-32H,9-16,18-20,24-26H2,1-8H3/b29-17+,30-23-. The number of methoxy groups -OCH3 is 2. The van der Waals surface area contributed by atoms with Crippen LogP contribution in [0.4, 0.5) is 0 Å². The number of hydrogen-bond donors (Lipinski definition) is 0. The van der Waals surface area contributed by atoms with Gasteiger partial charge in [0.2, 0.25) is 0 Å². The monoisotopic (exact) mass is 530 g/mol. The molecular weight excluding hydrogens is 472 g/mol. The predicted molar refractivity (Wildman–Crippen MR) is 162 cm³/mol. The maximum atomic E-state index is 11.4. The number of rotatable bonds is 21. The molecule has 0 aliphatic heterocycles. The topological polar surface area (TPSA) is 52.6 Å². The summed E-state index contributed by atoms with van der Waals surface area (Å²) in [5.74, 6) is 0.879. The number of hydrogen-bond acceptors (Lipinski definition) is 4. The summed E-state index contributed by atoms with van der Waals surface area (Å²) in [4.78, 5) is 22.6. The van der Waals surface area contributed by atoms with Gasteiger partial charge in [-0.1, -0.05) is 72.3 Å². The molecule has 0 fully saturated rings. The van der Waals surface area contributed by atoms with Crippen molar-refractivity contribution in [1.29, 1.82) is 0 Å². The minimum atomic E-state index is -0.105. The van der Waals surface area contributed by atoms with Crippen LogP contribution in [-0.2, 0) is 19.1 Å². The van der Waals surface area contributed by atoms with E-state index in [1.165, 1.54) is 42.9 Å². The van der Waals surface area contributed by atoms with Crippen molar-refractivity contribution in [2.24, 2.45) is 11.8 Å². The Labute approximate surface area is 235 Å². The summed E-state index contributed by atoms with van der Waals surface area (Å²) in [6, 6.07) is 0. The zero-order valence-corrected chi connectivity index (χ0v) is 26.0. The lowest BCUT2D eigenvalue weighted by atomic mass is 9.86. The fourth-order valence-electron chi connectivity index (χ4n) is 4.55. The van der Waals surface area contributed by atoms with Gasteiger partial charge in [0.25, 0.3) is 0 Å². The third-order valence-electron chi connectivity index (χ3n) is 7.32. The molecule has 2 atom stereocenters. The summed E-state index contributed by atoms with van der Waals surface area (Å²) >= 11 is 0. The summed E-state index contributed by atoms with van der Waals surface area (Å²) in [6.07, 6.45) is 23.7. The molecule has 0 bridgehead atoms. The molecule has 0 saturated heterocycles. The van der Waals surface area contributed by atoms with Crippen LogP contribution in [0.1, 0.15) is 131 Å². The van der Waals surface area contributed by atoms with E-state index in [0.29, 0.717) is 24.7 Å². The van der Waals surface area contributed by atoms with Crippen LogP contribution in [0.5, 0.6) is 0 Å². The van der Waals surface area contributed by atoms with Gasteiger partial charge in [0.05, 0.1) is 14.2 Å². The van der Waals surface area contributed by atoms with Gasteiger partial charge in [-0.25, -0.2) is 0 Å². The molecule has 0 heterocycles. The van der Waals surface area contributed by atoms with E-state index in [4.69, 9.17) is 9.47 Å². The predicted octanol–water partition coefficient (Wildman–Crippen LogP) is 9.85. The molecule has 4 heteroatoms. The quantitative estimate of drug-likeness (QED) is 0.0841. The Bertz CT molecular complexity index is 776. The maximum Gasteiger partial charge on any atom is 0.305 e. The summed E-state index contributed by atoms with van der Waals surface area (Å²) in [6.45, 7) is 13.3. The van der Waals surface area contributed by atoms with Crippen LogP contribution in [0.2, 0.25) is 0 Å². The average molecular weight is 531 g/mol. The molecule has 0 N–H and O–H groups in total. The Balaban J connectivity index is 5.06. The third-order valence-corrected chi connectivity index (χ3v) is 7.32. The fourth-order valence-corrected chi connectivity index (χ4v) is 4.55. The van der Waals surface area contributed by atoms with E-state index in [-0.39, 0.29) is 11.9 Å². The van der Waals surface area contributed by atoms with E-state index >= 15 is 0 Å². The molecule has 2 unspecified atom stereocenters. The van der Waals surface area contributed by atoms with Crippen molar-refractivity contribution in [3.8, 4) is 0 Å². The highest BCUT2D eigenvalue weighted by molar-refractivity contribution is 5.69. The Morgan fingerprint density at radius 2 is 1.00 bits per heavy atom. The van der Waals surface area contributed by atoms with Crippen molar-refractivity contribution in [3.63, 3.8) is 0 Å². The van der Waals surface area contributed by atoms with Crippen LogP contribution < -0.4 is 0 Å². The zero-order chi connectivity index (χ0) is 28.8. The van der Waals surface area contributed by atoms with E-state index in [1.807, 2.05) is 0 Å². The van der Waals surface area contributed by atoms with Gasteiger partial charge in [0, 0.05) is 12.8 Å². The van der Waals surface area contributed by atoms with E-state index in [2.05, 4.69) is 65.8 Å². The van der Waals surface area contributed by atoms with E-state index in [1.54, 1.807) is 0 Å². The molecule has 0 aromatic carbocycles. The lowest BCUT2D eigenvalue weighted by Gasteiger charge is -2.20. The molecule has 0 amide bonds. The van der Waals surface area contributed by atoms with Gasteiger partial charge in [0.15, 0.2) is 0 Å². The van der Waals surface area contributed by atoms with Crippen molar-refractivity contribution in [3.05, 3.63) is 46.6 Å². The van der Waals surface area contributed by atoms with Gasteiger partial charge in [-0.05, 0) is 105 Å². The van der Waals surface area contributed by atoms with Gasteiger partial charge in [0.1, 0.15) is 0 Å². The summed E-state index contributed by atoms with van der Waals surface area (Å²) in [5, 5.41) is 0. The van der Waals surface area contributed by atoms with E-state index in [9.17, 15) is 9.59 Å². The van der Waals surface area contributed by atoms with Crippen molar-refractivity contribution in [1.82, 2.24) is 0 Å². The van der Waals surface area contributed by atoms with Crippen LogP contribution in [-0.4, -0.2) is 26.2 Å². The summed E-state index contributed by atoms with van der Waals surface area (Å²) in [5.41, 5.74) is 5.74. The number of carbonyl (C=O) groups excluding carboxylic acids is 2. The first-order valence-corrected chi connectivity index (χ1v) is 14.8. The first-order chi connectivity index (χ1) is 18.1. The first kappa shape index (κ1) is 35.9. The fraction of sp³-hybridized carbons (Fsp3) is 0.706. The van der Waals surface area contributed by atoms with Crippen LogP contribution in [0.15, 0.2) is 46.6 Å². The van der Waals surface area contributed by atoms with Crippen molar-refractivity contribution < 1.29 is 19.1 Å². The second kappa shape index (κ2) is 22.8. The molecular formula is C34H58O4. The van der Waals surface area contributed by atoms with E-state index in [0.717, 1.165) is 70.6 Å². The van der Waals surface area contributed by atoms with Crippen LogP contribution in [0.25, 0.3) is 0 Å². The van der Waals surface area contributed by atoms with Crippen molar-refractivity contribution in [2.45, 2.75) is 131 Å². The van der Waals surface area contributed by atoms with Crippen LogP contribution >= 0.6 is 0 Å². The van der Waals surface area contributed by atoms with Crippen molar-refractivity contribution >= 4 is 11.9 Å². The Kier molecular flexibility index (Phi) is 21.6. The molecule has 0 aromatic heterocycles. The Hall–Kier alpha value is -2.10. The average Bonchev–Trinajstić information content (AvgIpc) is 2.88. The van der Waals surface area contributed by atoms with Gasteiger partial charge < -0.3 is 9.47 Å². The summed E-state index contributed by atoms with van der Waals surface area (Å²) in [7, 11) is 2.92. The minimum Gasteiger partial charge on any atom is -0.469 e. The molecule has 0 aliphatic rings. The second-order valence-corrected chi connectivity index (χ2v) is 11.3. The normalized spacial score (nSPS) is 13.5. The second-order valence-electron chi connectivity index (χ2n) is 11.3. The number of allylic oxidation sites excluding steroid dienone is 8. The first-order valence-electron chi connectivity index (χ1n) is 14.8. The van der Waals surface area contributed by atoms with Gasteiger partial charge in [-0.2, -0.15) is 0 Å². The smallest absolute Gasteiger partial charge is 0.305 e. The van der Waals surface area contributed by atoms with Gasteiger partial charge >= 0.3 is 11.9 Å². The minimum absolute atomic E-state index is 0.104. The van der Waals surface area contributed by atoms with Crippen molar-refractivity contribution in [2.75, 3.05) is 14.2 Å². The maximum absolute atomic E-state index is 11.4. The molecule has 0 saturated carbocycles. The van der Waals surface area contributed by atoms with E-state index < -0.39 is 0 Å². The van der Waals surface area contributed by atoms with Crippen LogP contribution in [0.3, 0.4) is 0 Å². The third kappa shape index (κ3) is 19.9. The largest absolute Gasteiger partial charge is 0.469 e. The number of esters is 2. The zero-order valence-electron chi connectivity index (χ0n) is 26.0. The number of ether oxygens (including phenoxy) is 2. The highest BCUT2D eigenvalue weighted by Crippen LogP contribution is 2.28. The SMILES string of the molecule is COC(=O)CCCCCC/C=C(\C)C(CC=C(C)C)C/C=C(/C)C(CC=C(C)C)CCCCCC(=O)OC. The number of carbonyl (C=O) groups is 2. The highest BCUT2D eigenvalue weighted by Gasteiger charge is 2.13. The van der Waals surface area contributed by atoms with Crippen LogP contribution in [0, 0.1) is 11.8 Å². The molecule has 4 nitrogen and oxygen atoms in total. The molecule has 38 heavy (non-hydrogen) atoms. The molecule has 0 spiro atoms. The molecule has 0 aromatic rings. The summed E-state index contributed by atoms with van der Waals surface area (Å²) < 4.78 is 9.49. The van der Waals surface area contributed by atoms with Gasteiger partial charge in [-0.3, -0.25) is 9.59 Å². The molecule has 0 aliphatic carbocycles. The lowest BCUT2D eigenvalue weighted by molar-refractivity contribution is -0.141. The Morgan fingerprint density at radius 3 is 1.53 bits per heavy atom. The molecule has 0 rings (SSSR count). The van der Waals surface area contributed by atoms with Gasteiger partial charge in [-0.15, -0.1) is 0 Å². The lowest BCUT2D eigenvalue weighted by Crippen LogP contribution is -2.05.